The molecule has 36 heavy (non-hydrogen) atoms. The van der Waals surface area contributed by atoms with E-state index in [1.807, 2.05) is 60.4 Å². The van der Waals surface area contributed by atoms with Gasteiger partial charge in [0, 0.05) is 5.02 Å². The molecule has 3 unspecified atom stereocenters. The lowest BCUT2D eigenvalue weighted by molar-refractivity contribution is -0.144. The third-order valence-electron chi connectivity index (χ3n) is 5.95. The molecule has 2 aromatic rings. The third-order valence-corrected chi connectivity index (χ3v) is 7.59. The Morgan fingerprint density at radius 1 is 1.25 bits per heavy atom. The van der Waals surface area contributed by atoms with E-state index in [9.17, 15) is 14.4 Å². The number of nitrogens with zero attached hydrogens (tertiary/aromatic N) is 2. The minimum Gasteiger partial charge on any atom is -0.491 e. The first-order valence-corrected chi connectivity index (χ1v) is 12.9. The van der Waals surface area contributed by atoms with Crippen LogP contribution in [0.25, 0.3) is 0 Å². The molecule has 2 heterocycles. The standard InChI is InChI=1S/C25H25ClN2O6S2/c1-15(27-12-20(34-25(27)35)17-4-3-5-18(26)11-17)14-33-19-8-6-16(7-9-19)10-21-23(30)28(24(31)36-21)13-22(29)32-2/h3-9,11,15,20-21H,10,12-14H2,1-2H3. The van der Waals surface area contributed by atoms with Crippen molar-refractivity contribution in [3.63, 3.8) is 0 Å². The average molecular weight is 549 g/mol. The highest BCUT2D eigenvalue weighted by molar-refractivity contribution is 8.15. The predicted octanol–water partition coefficient (Wildman–Crippen LogP) is 4.25. The molecule has 2 saturated heterocycles. The highest BCUT2D eigenvalue weighted by atomic mass is 35.5. The summed E-state index contributed by atoms with van der Waals surface area (Å²) in [7, 11) is 1.22. The zero-order valence-corrected chi connectivity index (χ0v) is 22.1. The molecule has 2 fully saturated rings. The highest BCUT2D eigenvalue weighted by Crippen LogP contribution is 2.31. The maximum atomic E-state index is 12.5. The Bertz CT molecular complexity index is 1160. The number of thioether (sulfide) groups is 1. The van der Waals surface area contributed by atoms with Crippen molar-refractivity contribution in [1.29, 1.82) is 0 Å². The van der Waals surface area contributed by atoms with Gasteiger partial charge in [-0.15, -0.1) is 0 Å². The van der Waals surface area contributed by atoms with Crippen molar-refractivity contribution in [1.82, 2.24) is 9.80 Å². The lowest BCUT2D eigenvalue weighted by atomic mass is 10.1. The monoisotopic (exact) mass is 548 g/mol. The molecule has 0 bridgehead atoms. The maximum Gasteiger partial charge on any atom is 0.325 e. The summed E-state index contributed by atoms with van der Waals surface area (Å²) in [6.45, 7) is 2.67. The number of methoxy groups -OCH3 is 1. The second kappa shape index (κ2) is 11.5. The maximum absolute atomic E-state index is 12.5. The van der Waals surface area contributed by atoms with E-state index in [0.717, 1.165) is 27.8 Å². The second-order valence-electron chi connectivity index (χ2n) is 8.46. The molecule has 2 aliphatic rings. The van der Waals surface area contributed by atoms with Crippen LogP contribution in [0.1, 0.15) is 24.2 Å². The molecular weight excluding hydrogens is 524 g/mol. The number of rotatable bonds is 9. The molecule has 0 saturated carbocycles. The lowest BCUT2D eigenvalue weighted by Crippen LogP contribution is -2.37. The van der Waals surface area contributed by atoms with Crippen LogP contribution >= 0.6 is 35.6 Å². The minimum absolute atomic E-state index is 0.0133. The molecule has 11 heteroatoms. The zero-order valence-electron chi connectivity index (χ0n) is 19.7. The fourth-order valence-electron chi connectivity index (χ4n) is 3.93. The number of imide groups is 1. The zero-order chi connectivity index (χ0) is 25.8. The van der Waals surface area contributed by atoms with Gasteiger partial charge in [0.05, 0.1) is 24.9 Å². The van der Waals surface area contributed by atoms with Crippen LogP contribution < -0.4 is 4.74 Å². The van der Waals surface area contributed by atoms with Gasteiger partial charge in [-0.2, -0.15) is 0 Å². The van der Waals surface area contributed by atoms with E-state index in [-0.39, 0.29) is 24.6 Å². The van der Waals surface area contributed by atoms with Gasteiger partial charge in [-0.25, -0.2) is 0 Å². The van der Waals surface area contributed by atoms with E-state index < -0.39 is 16.5 Å². The van der Waals surface area contributed by atoms with Gasteiger partial charge in [-0.1, -0.05) is 47.6 Å². The first-order valence-electron chi connectivity index (χ1n) is 11.3. The molecule has 8 nitrogen and oxygen atoms in total. The number of hydrogen-bond acceptors (Lipinski definition) is 8. The summed E-state index contributed by atoms with van der Waals surface area (Å²) in [5.41, 5.74) is 1.86. The van der Waals surface area contributed by atoms with Gasteiger partial charge in [-0.3, -0.25) is 19.3 Å². The molecule has 3 atom stereocenters. The van der Waals surface area contributed by atoms with E-state index in [4.69, 9.17) is 33.3 Å². The van der Waals surface area contributed by atoms with Gasteiger partial charge in [0.2, 0.25) is 5.91 Å². The first-order chi connectivity index (χ1) is 17.2. The number of thiocarbonyl (C=S) groups is 1. The van der Waals surface area contributed by atoms with Crippen molar-refractivity contribution >= 4 is 57.9 Å². The largest absolute Gasteiger partial charge is 0.491 e. The molecule has 0 aliphatic carbocycles. The van der Waals surface area contributed by atoms with Gasteiger partial charge < -0.3 is 19.1 Å². The molecular formula is C25H25ClN2O6S2. The fraction of sp³-hybridized carbons (Fsp3) is 0.360. The molecule has 2 aromatic carbocycles. The summed E-state index contributed by atoms with van der Waals surface area (Å²) in [4.78, 5) is 39.0. The van der Waals surface area contributed by atoms with Gasteiger partial charge in [0.1, 0.15) is 25.0 Å². The SMILES string of the molecule is COC(=O)CN1C(=O)SC(Cc2ccc(OCC(C)N3CC(c4cccc(Cl)c4)OC3=S)cc2)C1=O. The molecule has 0 radical (unpaired) electrons. The minimum atomic E-state index is -0.630. The van der Waals surface area contributed by atoms with E-state index in [2.05, 4.69) is 4.74 Å². The number of halogens is 1. The van der Waals surface area contributed by atoms with Crippen LogP contribution in [0.2, 0.25) is 5.02 Å². The molecule has 0 aromatic heterocycles. The van der Waals surface area contributed by atoms with Crippen molar-refractivity contribution in [2.45, 2.75) is 30.7 Å². The number of esters is 1. The molecule has 0 spiro atoms. The Labute approximate surface area is 223 Å². The molecule has 2 amide bonds. The number of hydrogen-bond donors (Lipinski definition) is 0. The van der Waals surface area contributed by atoms with E-state index in [1.54, 1.807) is 0 Å². The van der Waals surface area contributed by atoms with Crippen LogP contribution in [-0.2, 0) is 25.5 Å². The van der Waals surface area contributed by atoms with Crippen molar-refractivity contribution in [2.75, 3.05) is 26.8 Å². The van der Waals surface area contributed by atoms with Gasteiger partial charge in [-0.05, 0) is 61.0 Å². The van der Waals surface area contributed by atoms with E-state index in [1.165, 1.54) is 7.11 Å². The number of carbonyl (C=O) groups is 3. The van der Waals surface area contributed by atoms with E-state index >= 15 is 0 Å². The Hall–Kier alpha value is -2.82. The van der Waals surface area contributed by atoms with Gasteiger partial charge in [0.25, 0.3) is 10.4 Å². The Morgan fingerprint density at radius 2 is 2.00 bits per heavy atom. The summed E-state index contributed by atoms with van der Waals surface area (Å²) in [6.07, 6.45) is 0.193. The van der Waals surface area contributed by atoms with Crippen LogP contribution in [0, 0.1) is 0 Å². The quantitative estimate of drug-likeness (QED) is 0.337. The number of ether oxygens (including phenoxy) is 3. The van der Waals surface area contributed by atoms with Crippen LogP contribution in [-0.4, -0.2) is 70.2 Å². The highest BCUT2D eigenvalue weighted by Gasteiger charge is 2.40. The lowest BCUT2D eigenvalue weighted by Gasteiger charge is -2.23. The van der Waals surface area contributed by atoms with Crippen molar-refractivity contribution < 1.29 is 28.6 Å². The Morgan fingerprint density at radius 3 is 2.69 bits per heavy atom. The average Bonchev–Trinajstić information content (AvgIpc) is 3.38. The van der Waals surface area contributed by atoms with Gasteiger partial charge in [0.15, 0.2) is 0 Å². The Balaban J connectivity index is 1.28. The first kappa shape index (κ1) is 26.2. The van der Waals surface area contributed by atoms with Crippen LogP contribution in [0.3, 0.4) is 0 Å². The fourth-order valence-corrected chi connectivity index (χ4v) is 5.53. The topological polar surface area (TPSA) is 85.4 Å². The molecule has 4 rings (SSSR count). The van der Waals surface area contributed by atoms with Crippen molar-refractivity contribution in [3.05, 3.63) is 64.7 Å². The van der Waals surface area contributed by atoms with Crippen LogP contribution in [0.4, 0.5) is 4.79 Å². The van der Waals surface area contributed by atoms with Crippen LogP contribution in [0.5, 0.6) is 5.75 Å². The van der Waals surface area contributed by atoms with Crippen molar-refractivity contribution in [3.8, 4) is 5.75 Å². The Kier molecular flexibility index (Phi) is 8.38. The summed E-state index contributed by atoms with van der Waals surface area (Å²) in [5.74, 6) is -0.337. The normalized spacial score (nSPS) is 20.5. The van der Waals surface area contributed by atoms with Crippen LogP contribution in [0.15, 0.2) is 48.5 Å². The molecule has 2 aliphatic heterocycles. The summed E-state index contributed by atoms with van der Waals surface area (Å²) in [5, 5.41) is 0.0746. The van der Waals surface area contributed by atoms with E-state index in [0.29, 0.717) is 35.5 Å². The third kappa shape index (κ3) is 6.11. The smallest absolute Gasteiger partial charge is 0.325 e. The number of carbonyl (C=O) groups excluding carboxylic acids is 3. The summed E-state index contributed by atoms with van der Waals surface area (Å²) < 4.78 is 16.4. The predicted molar refractivity (Wildman–Crippen MR) is 140 cm³/mol. The molecule has 190 valence electrons. The summed E-state index contributed by atoms with van der Waals surface area (Å²) >= 11 is 12.5. The molecule has 0 N–H and O–H groups in total. The summed E-state index contributed by atoms with van der Waals surface area (Å²) in [6, 6.07) is 14.9. The number of benzene rings is 2. The van der Waals surface area contributed by atoms with Crippen molar-refractivity contribution in [2.24, 2.45) is 0 Å². The second-order valence-corrected chi connectivity index (χ2v) is 10.4. The number of amides is 2. The van der Waals surface area contributed by atoms with Gasteiger partial charge >= 0.3 is 5.97 Å².